The molecule has 0 bridgehead atoms. The second-order valence-electron chi connectivity index (χ2n) is 3.83. The van der Waals surface area contributed by atoms with Gasteiger partial charge in [0.25, 0.3) is 5.56 Å². The average molecular weight is 271 g/mol. The monoisotopic (exact) mass is 271 g/mol. The van der Waals surface area contributed by atoms with Crippen LogP contribution >= 0.6 is 0 Å². The van der Waals surface area contributed by atoms with Crippen LogP contribution in [-0.4, -0.2) is 15.9 Å². The first-order chi connectivity index (χ1) is 8.77. The minimum absolute atomic E-state index is 0.0285. The first-order valence-corrected chi connectivity index (χ1v) is 5.16. The van der Waals surface area contributed by atoms with E-state index in [1.165, 1.54) is 25.1 Å². The number of amides is 1. The topological polar surface area (TPSA) is 74.8 Å². The predicted octanol–water partition coefficient (Wildman–Crippen LogP) is 1.90. The van der Waals surface area contributed by atoms with E-state index in [2.05, 4.69) is 10.3 Å². The van der Waals surface area contributed by atoms with E-state index in [4.69, 9.17) is 0 Å². The molecule has 0 fully saturated rings. The van der Waals surface area contributed by atoms with Gasteiger partial charge in [-0.2, -0.15) is 13.2 Å². The lowest BCUT2D eigenvalue weighted by atomic mass is 10.2. The van der Waals surface area contributed by atoms with Crippen LogP contribution in [0.15, 0.2) is 23.0 Å². The summed E-state index contributed by atoms with van der Waals surface area (Å²) in [5.74, 6) is -1.70. The zero-order chi connectivity index (χ0) is 14.2. The molecule has 0 atom stereocenters. The van der Waals surface area contributed by atoms with Gasteiger partial charge in [0, 0.05) is 12.6 Å². The Hall–Kier alpha value is -2.38. The Labute approximate surface area is 104 Å². The van der Waals surface area contributed by atoms with Crippen LogP contribution in [0.2, 0.25) is 0 Å². The maximum absolute atomic E-state index is 12.5. The predicted molar refractivity (Wildman–Crippen MR) is 61.7 cm³/mol. The molecule has 2 rings (SSSR count). The van der Waals surface area contributed by atoms with Gasteiger partial charge < -0.3 is 10.3 Å². The quantitative estimate of drug-likeness (QED) is 0.831. The normalized spacial score (nSPS) is 11.6. The minimum atomic E-state index is -4.72. The number of halogens is 3. The Bertz CT molecular complexity index is 706. The minimum Gasteiger partial charge on any atom is -0.326 e. The molecule has 2 aromatic rings. The standard InChI is InChI=1S/C11H8F3N3O2/c1-5(18)15-6-2-3-8-7(4-6)9(19)17-10(16-8)11(12,13)14/h2-4H,1H3,(H,15,18)(H,16,17,19). The third-order valence-corrected chi connectivity index (χ3v) is 2.29. The van der Waals surface area contributed by atoms with Gasteiger partial charge >= 0.3 is 6.18 Å². The summed E-state index contributed by atoms with van der Waals surface area (Å²) in [6.07, 6.45) is -4.72. The zero-order valence-corrected chi connectivity index (χ0v) is 9.63. The van der Waals surface area contributed by atoms with Gasteiger partial charge in [0.05, 0.1) is 10.9 Å². The lowest BCUT2D eigenvalue weighted by Gasteiger charge is -2.07. The number of aromatic amines is 1. The number of alkyl halides is 3. The Morgan fingerprint density at radius 2 is 2.05 bits per heavy atom. The van der Waals surface area contributed by atoms with Crippen molar-refractivity contribution in [1.82, 2.24) is 9.97 Å². The molecule has 19 heavy (non-hydrogen) atoms. The molecule has 1 aromatic heterocycles. The van der Waals surface area contributed by atoms with Crippen molar-refractivity contribution >= 4 is 22.5 Å². The fraction of sp³-hybridized carbons (Fsp3) is 0.182. The molecule has 0 saturated carbocycles. The van der Waals surface area contributed by atoms with E-state index in [0.717, 1.165) is 0 Å². The first kappa shape index (κ1) is 13.1. The number of carbonyl (C=O) groups excluding carboxylic acids is 1. The van der Waals surface area contributed by atoms with Crippen molar-refractivity contribution in [3.8, 4) is 0 Å². The van der Waals surface area contributed by atoms with E-state index in [1.807, 2.05) is 0 Å². The Kier molecular flexibility index (Phi) is 3.01. The number of nitrogens with zero attached hydrogens (tertiary/aromatic N) is 1. The molecule has 0 unspecified atom stereocenters. The molecule has 1 aromatic carbocycles. The highest BCUT2D eigenvalue weighted by Crippen LogP contribution is 2.26. The molecular weight excluding hydrogens is 263 g/mol. The number of hydrogen-bond donors (Lipinski definition) is 2. The molecule has 1 amide bonds. The lowest BCUT2D eigenvalue weighted by molar-refractivity contribution is -0.144. The zero-order valence-electron chi connectivity index (χ0n) is 9.63. The van der Waals surface area contributed by atoms with Crippen molar-refractivity contribution in [2.75, 3.05) is 5.32 Å². The smallest absolute Gasteiger partial charge is 0.326 e. The lowest BCUT2D eigenvalue weighted by Crippen LogP contribution is -2.19. The number of benzene rings is 1. The van der Waals surface area contributed by atoms with Crippen LogP contribution < -0.4 is 10.9 Å². The summed E-state index contributed by atoms with van der Waals surface area (Å²) in [4.78, 5) is 27.4. The summed E-state index contributed by atoms with van der Waals surface area (Å²) in [7, 11) is 0. The molecule has 0 aliphatic rings. The third kappa shape index (κ3) is 2.72. The van der Waals surface area contributed by atoms with Gasteiger partial charge in [-0.3, -0.25) is 9.59 Å². The maximum atomic E-state index is 12.5. The average Bonchev–Trinajstić information content (AvgIpc) is 2.27. The second-order valence-corrected chi connectivity index (χ2v) is 3.83. The van der Waals surface area contributed by atoms with Crippen molar-refractivity contribution in [1.29, 1.82) is 0 Å². The molecule has 0 radical (unpaired) electrons. The van der Waals surface area contributed by atoms with Crippen LogP contribution in [0.3, 0.4) is 0 Å². The molecule has 0 aliphatic carbocycles. The molecule has 0 aliphatic heterocycles. The van der Waals surface area contributed by atoms with Crippen LogP contribution in [0.4, 0.5) is 18.9 Å². The summed E-state index contributed by atoms with van der Waals surface area (Å²) >= 11 is 0. The number of carbonyl (C=O) groups is 1. The van der Waals surface area contributed by atoms with E-state index >= 15 is 0 Å². The van der Waals surface area contributed by atoms with E-state index in [9.17, 15) is 22.8 Å². The number of rotatable bonds is 1. The van der Waals surface area contributed by atoms with Gasteiger partial charge in [0.1, 0.15) is 0 Å². The molecular formula is C11H8F3N3O2. The number of aromatic nitrogens is 2. The van der Waals surface area contributed by atoms with Gasteiger partial charge in [-0.1, -0.05) is 0 Å². The van der Waals surface area contributed by atoms with E-state index in [0.29, 0.717) is 5.69 Å². The number of hydrogen-bond acceptors (Lipinski definition) is 3. The molecule has 0 spiro atoms. The number of H-pyrrole nitrogens is 1. The summed E-state index contributed by atoms with van der Waals surface area (Å²) in [6.45, 7) is 1.28. The number of anilines is 1. The van der Waals surface area contributed by atoms with Gasteiger partial charge in [-0.25, -0.2) is 4.98 Å². The maximum Gasteiger partial charge on any atom is 0.449 e. The van der Waals surface area contributed by atoms with E-state index in [-0.39, 0.29) is 16.8 Å². The largest absolute Gasteiger partial charge is 0.449 e. The summed E-state index contributed by atoms with van der Waals surface area (Å²) in [5, 5.41) is 2.40. The van der Waals surface area contributed by atoms with Crippen LogP contribution in [0.5, 0.6) is 0 Å². The van der Waals surface area contributed by atoms with Crippen LogP contribution in [-0.2, 0) is 11.0 Å². The van der Waals surface area contributed by atoms with Crippen LogP contribution in [0.25, 0.3) is 10.9 Å². The van der Waals surface area contributed by atoms with E-state index < -0.39 is 17.6 Å². The fourth-order valence-electron chi connectivity index (χ4n) is 1.55. The molecule has 2 N–H and O–H groups in total. The Balaban J connectivity index is 2.60. The Morgan fingerprint density at radius 1 is 1.37 bits per heavy atom. The van der Waals surface area contributed by atoms with Crippen molar-refractivity contribution in [3.05, 3.63) is 34.4 Å². The molecule has 5 nitrogen and oxygen atoms in total. The van der Waals surface area contributed by atoms with Gasteiger partial charge in [0.15, 0.2) is 0 Å². The number of nitrogens with one attached hydrogen (secondary N) is 2. The van der Waals surface area contributed by atoms with Gasteiger partial charge in [0.2, 0.25) is 11.7 Å². The highest BCUT2D eigenvalue weighted by atomic mass is 19.4. The van der Waals surface area contributed by atoms with Gasteiger partial charge in [-0.05, 0) is 18.2 Å². The molecule has 0 saturated heterocycles. The van der Waals surface area contributed by atoms with Gasteiger partial charge in [-0.15, -0.1) is 0 Å². The highest BCUT2D eigenvalue weighted by Gasteiger charge is 2.34. The summed E-state index contributed by atoms with van der Waals surface area (Å²) < 4.78 is 37.4. The highest BCUT2D eigenvalue weighted by molar-refractivity contribution is 5.91. The Morgan fingerprint density at radius 3 is 2.63 bits per heavy atom. The van der Waals surface area contributed by atoms with Crippen LogP contribution in [0, 0.1) is 0 Å². The van der Waals surface area contributed by atoms with Crippen LogP contribution in [0.1, 0.15) is 12.7 Å². The summed E-state index contributed by atoms with van der Waals surface area (Å²) in [6, 6.07) is 3.88. The third-order valence-electron chi connectivity index (χ3n) is 2.29. The first-order valence-electron chi connectivity index (χ1n) is 5.16. The van der Waals surface area contributed by atoms with Crippen molar-refractivity contribution < 1.29 is 18.0 Å². The molecule has 100 valence electrons. The van der Waals surface area contributed by atoms with E-state index in [1.54, 1.807) is 4.98 Å². The van der Waals surface area contributed by atoms with Crippen molar-refractivity contribution in [2.45, 2.75) is 13.1 Å². The van der Waals surface area contributed by atoms with Crippen molar-refractivity contribution in [2.24, 2.45) is 0 Å². The second kappa shape index (κ2) is 4.38. The van der Waals surface area contributed by atoms with Crippen molar-refractivity contribution in [3.63, 3.8) is 0 Å². The summed E-state index contributed by atoms with van der Waals surface area (Å²) in [5.41, 5.74) is -0.693. The fourth-order valence-corrected chi connectivity index (χ4v) is 1.55. The number of fused-ring (bicyclic) bond motifs is 1. The molecule has 8 heteroatoms. The molecule has 1 heterocycles. The SMILES string of the molecule is CC(=O)Nc1ccc2nc(C(F)(F)F)[nH]c(=O)c2c1.